The topological polar surface area (TPSA) is 53.7 Å². The fraction of sp³-hybridized carbons (Fsp3) is 0.778. The van der Waals surface area contributed by atoms with Crippen LogP contribution < -0.4 is 10.2 Å². The zero-order valence-electron chi connectivity index (χ0n) is 23.4. The molecule has 1 aromatic rings. The smallest absolute Gasteiger partial charge is 0.242 e. The van der Waals surface area contributed by atoms with Crippen LogP contribution in [-0.4, -0.2) is 37.2 Å². The van der Waals surface area contributed by atoms with E-state index in [4.69, 9.17) is 19.0 Å². The first-order valence-corrected chi connectivity index (χ1v) is 23.7. The molecule has 0 spiro atoms. The van der Waals surface area contributed by atoms with Gasteiger partial charge in [-0.1, -0.05) is 13.0 Å². The lowest BCUT2D eigenvalue weighted by Crippen LogP contribution is -2.50. The first-order valence-electron chi connectivity index (χ1n) is 13.4. The van der Waals surface area contributed by atoms with Gasteiger partial charge in [0.1, 0.15) is 5.75 Å². The normalized spacial score (nSPS) is 33.8. The van der Waals surface area contributed by atoms with Crippen LogP contribution in [0.4, 0.5) is 5.69 Å². The minimum atomic E-state index is -1.69. The van der Waals surface area contributed by atoms with Gasteiger partial charge in [-0.2, -0.15) is 0 Å². The highest BCUT2D eigenvalue weighted by Crippen LogP contribution is 2.63. The van der Waals surface area contributed by atoms with Gasteiger partial charge in [-0.25, -0.2) is 0 Å². The van der Waals surface area contributed by atoms with Crippen molar-refractivity contribution >= 4 is 30.6 Å². The van der Waals surface area contributed by atoms with Crippen LogP contribution in [0, 0.1) is 17.3 Å². The lowest BCUT2D eigenvalue weighted by atomic mass is 9.55. The van der Waals surface area contributed by atoms with Gasteiger partial charge in [-0.3, -0.25) is 0 Å². The summed E-state index contributed by atoms with van der Waals surface area (Å²) in [6, 6.07) is 4.51. The summed E-state index contributed by atoms with van der Waals surface area (Å²) < 4.78 is 20.1. The average molecular weight is 520 g/mol. The van der Waals surface area contributed by atoms with E-state index >= 15 is 0 Å². The fourth-order valence-electron chi connectivity index (χ4n) is 7.19. The first-order chi connectivity index (χ1) is 15.5. The second kappa shape index (κ2) is 8.75. The van der Waals surface area contributed by atoms with Crippen molar-refractivity contribution < 1.29 is 13.3 Å². The molecule has 0 heterocycles. The minimum absolute atomic E-state index is 0.204. The van der Waals surface area contributed by atoms with Crippen LogP contribution >= 0.6 is 0 Å². The van der Waals surface area contributed by atoms with Gasteiger partial charge >= 0.3 is 0 Å². The van der Waals surface area contributed by atoms with E-state index in [1.807, 2.05) is 0 Å². The van der Waals surface area contributed by atoms with Crippen molar-refractivity contribution in [3.63, 3.8) is 0 Å². The van der Waals surface area contributed by atoms with Crippen LogP contribution in [0.3, 0.4) is 0 Å². The van der Waals surface area contributed by atoms with E-state index in [-0.39, 0.29) is 17.6 Å². The molecule has 4 nitrogen and oxygen atoms in total. The Labute approximate surface area is 211 Å². The summed E-state index contributed by atoms with van der Waals surface area (Å²) in [5.74, 6) is 2.85. The molecule has 0 radical (unpaired) electrons. The molecular formula is C27H49NO3Si3. The molecule has 2 saturated carbocycles. The number of hydrogen-bond donors (Lipinski definition) is 1. The summed E-state index contributed by atoms with van der Waals surface area (Å²) in [5, 5.41) is 0. The van der Waals surface area contributed by atoms with Crippen LogP contribution in [0.15, 0.2) is 12.1 Å². The van der Waals surface area contributed by atoms with E-state index in [1.165, 1.54) is 30.4 Å². The zero-order chi connectivity index (χ0) is 25.3. The Kier molecular flexibility index (Phi) is 6.81. The second-order valence-electron chi connectivity index (χ2n) is 14.4. The maximum atomic E-state index is 6.96. The summed E-state index contributed by atoms with van der Waals surface area (Å²) in [6.07, 6.45) is 6.35. The monoisotopic (exact) mass is 519 g/mol. The van der Waals surface area contributed by atoms with Crippen molar-refractivity contribution in [2.75, 3.05) is 5.73 Å². The van der Waals surface area contributed by atoms with Crippen molar-refractivity contribution in [2.45, 2.75) is 116 Å². The number of benzene rings is 1. The molecule has 0 aliphatic heterocycles. The van der Waals surface area contributed by atoms with Crippen molar-refractivity contribution in [1.29, 1.82) is 0 Å². The predicted molar refractivity (Wildman–Crippen MR) is 151 cm³/mol. The molecule has 0 bridgehead atoms. The lowest BCUT2D eigenvalue weighted by Gasteiger charge is -2.51. The number of anilines is 1. The molecule has 34 heavy (non-hydrogen) atoms. The Morgan fingerprint density at radius 1 is 0.882 bits per heavy atom. The highest BCUT2D eigenvalue weighted by molar-refractivity contribution is 6.70. The number of rotatable bonds is 6. The maximum absolute atomic E-state index is 6.96. The SMILES string of the molecule is C[C@]12CC[C@@H]3c4ccc(O[Si](C)(C)C)c(N)c4CC[C@H]3[C@@H]1CC(O[Si](C)(C)C)C2O[Si](C)(C)C. The molecule has 2 fully saturated rings. The zero-order valence-corrected chi connectivity index (χ0v) is 26.4. The molecular weight excluding hydrogens is 471 g/mol. The van der Waals surface area contributed by atoms with Gasteiger partial charge < -0.3 is 19.0 Å². The summed E-state index contributed by atoms with van der Waals surface area (Å²) in [4.78, 5) is 0. The molecule has 3 aliphatic carbocycles. The fourth-order valence-corrected chi connectivity index (χ4v) is 10.3. The molecule has 2 unspecified atom stereocenters. The number of fused-ring (bicyclic) bond motifs is 5. The molecule has 192 valence electrons. The molecule has 6 atom stereocenters. The molecule has 7 heteroatoms. The van der Waals surface area contributed by atoms with Gasteiger partial charge in [0.25, 0.3) is 0 Å². The van der Waals surface area contributed by atoms with E-state index in [2.05, 4.69) is 78.0 Å². The standard InChI is InChI=1S/C27H49NO3Si3/c1-27-16-15-19-18-13-14-23(29-32(2,3)4)25(28)21(18)12-11-20(19)22(27)17-24(30-33(5,6)7)26(27)31-34(8,9)10/h13-14,19-20,22,24,26H,11-12,15-17,28H2,1-10H3/t19-,20-,22+,24?,26?,27+/m1/s1. The van der Waals surface area contributed by atoms with Crippen LogP contribution in [-0.2, 0) is 15.3 Å². The Balaban J connectivity index is 1.65. The molecule has 0 saturated heterocycles. The van der Waals surface area contributed by atoms with E-state index < -0.39 is 25.0 Å². The quantitative estimate of drug-likeness (QED) is 0.314. The van der Waals surface area contributed by atoms with Gasteiger partial charge in [0.2, 0.25) is 8.32 Å². The number of nitrogen functional groups attached to an aromatic ring is 1. The third kappa shape index (κ3) is 5.24. The molecule has 1 aromatic carbocycles. The Bertz CT molecular complexity index is 917. The Hall–Kier alpha value is -0.609. The van der Waals surface area contributed by atoms with Crippen molar-refractivity contribution in [3.8, 4) is 5.75 Å². The molecule has 0 amide bonds. The van der Waals surface area contributed by atoms with Gasteiger partial charge in [0.05, 0.1) is 17.9 Å². The second-order valence-corrected chi connectivity index (χ2v) is 27.7. The van der Waals surface area contributed by atoms with Crippen molar-refractivity contribution in [1.82, 2.24) is 0 Å². The van der Waals surface area contributed by atoms with E-state index in [1.54, 1.807) is 0 Å². The summed E-state index contributed by atoms with van der Waals surface area (Å²) in [5.41, 5.74) is 10.7. The number of nitrogens with two attached hydrogens (primary N) is 1. The van der Waals surface area contributed by atoms with E-state index in [0.29, 0.717) is 17.8 Å². The molecule has 2 N–H and O–H groups in total. The first kappa shape index (κ1) is 26.5. The Morgan fingerprint density at radius 2 is 1.53 bits per heavy atom. The van der Waals surface area contributed by atoms with E-state index in [9.17, 15) is 0 Å². The minimum Gasteiger partial charge on any atom is -0.543 e. The van der Waals surface area contributed by atoms with Crippen LogP contribution in [0.2, 0.25) is 58.9 Å². The van der Waals surface area contributed by atoms with Crippen LogP contribution in [0.5, 0.6) is 5.75 Å². The summed E-state index contributed by atoms with van der Waals surface area (Å²) >= 11 is 0. The summed E-state index contributed by atoms with van der Waals surface area (Å²) in [7, 11) is -5.05. The summed E-state index contributed by atoms with van der Waals surface area (Å²) in [6.45, 7) is 23.2. The highest BCUT2D eigenvalue weighted by atomic mass is 28.4. The van der Waals surface area contributed by atoms with Crippen molar-refractivity contribution in [2.24, 2.45) is 17.3 Å². The van der Waals surface area contributed by atoms with Crippen LogP contribution in [0.1, 0.15) is 49.7 Å². The third-order valence-electron chi connectivity index (χ3n) is 8.23. The third-order valence-corrected chi connectivity index (χ3v) is 11.0. The van der Waals surface area contributed by atoms with E-state index in [0.717, 1.165) is 24.3 Å². The number of hydrogen-bond acceptors (Lipinski definition) is 4. The van der Waals surface area contributed by atoms with Gasteiger partial charge in [0, 0.05) is 0 Å². The predicted octanol–water partition coefficient (Wildman–Crippen LogP) is 7.39. The molecule has 4 rings (SSSR count). The van der Waals surface area contributed by atoms with Crippen LogP contribution in [0.25, 0.3) is 0 Å². The van der Waals surface area contributed by atoms with Gasteiger partial charge in [-0.05, 0) is 131 Å². The maximum Gasteiger partial charge on any atom is 0.242 e. The molecule has 0 aromatic heterocycles. The Morgan fingerprint density at radius 3 is 2.12 bits per heavy atom. The molecule has 3 aliphatic rings. The largest absolute Gasteiger partial charge is 0.543 e. The van der Waals surface area contributed by atoms with Gasteiger partial charge in [0.15, 0.2) is 16.6 Å². The lowest BCUT2D eigenvalue weighted by molar-refractivity contribution is -0.0362. The highest BCUT2D eigenvalue weighted by Gasteiger charge is 2.60. The van der Waals surface area contributed by atoms with Crippen molar-refractivity contribution in [3.05, 3.63) is 23.3 Å². The average Bonchev–Trinajstić information content (AvgIpc) is 2.92. The van der Waals surface area contributed by atoms with Gasteiger partial charge in [-0.15, -0.1) is 0 Å².